The molecule has 3 aromatic rings. The number of aryl methyl sites for hydroxylation is 2. The second-order valence-corrected chi connectivity index (χ2v) is 4.92. The highest BCUT2D eigenvalue weighted by atomic mass is 16.2. The number of nitrogens with zero attached hydrogens (tertiary/aromatic N) is 4. The van der Waals surface area contributed by atoms with Gasteiger partial charge in [0.1, 0.15) is 0 Å². The Morgan fingerprint density at radius 1 is 1.29 bits per heavy atom. The number of carbonyl (C=O) groups is 1. The van der Waals surface area contributed by atoms with E-state index in [2.05, 4.69) is 15.5 Å². The molecule has 3 heterocycles. The first-order chi connectivity index (χ1) is 10.1. The largest absolute Gasteiger partial charge is 0.317 e. The molecule has 0 aliphatic rings. The van der Waals surface area contributed by atoms with Crippen molar-refractivity contribution in [1.82, 2.24) is 19.4 Å². The number of anilines is 1. The van der Waals surface area contributed by atoms with Crippen LogP contribution in [0.25, 0.3) is 5.52 Å². The molecule has 3 aromatic heterocycles. The van der Waals surface area contributed by atoms with Crippen LogP contribution in [0.4, 0.5) is 5.69 Å². The van der Waals surface area contributed by atoms with Gasteiger partial charge in [-0.25, -0.2) is 4.52 Å². The van der Waals surface area contributed by atoms with Crippen molar-refractivity contribution < 1.29 is 4.79 Å². The Hall–Kier alpha value is -2.63. The first kappa shape index (κ1) is 13.4. The smallest absolute Gasteiger partial charge is 0.276 e. The van der Waals surface area contributed by atoms with E-state index in [0.29, 0.717) is 5.69 Å². The number of aromatic nitrogens is 4. The number of fused-ring (bicyclic) bond motifs is 1. The minimum atomic E-state index is -0.222. The van der Waals surface area contributed by atoms with Crippen molar-refractivity contribution in [3.8, 4) is 0 Å². The SMILES string of the molecule is CCn1nc(C)c(NC(=O)c2cc3ccccn3n2)c1C. The molecule has 108 valence electrons. The van der Waals surface area contributed by atoms with E-state index in [4.69, 9.17) is 0 Å². The third-order valence-corrected chi connectivity index (χ3v) is 3.52. The lowest BCUT2D eigenvalue weighted by molar-refractivity contribution is 0.102. The van der Waals surface area contributed by atoms with Crippen LogP contribution in [0.5, 0.6) is 0 Å². The van der Waals surface area contributed by atoms with Gasteiger partial charge in [-0.3, -0.25) is 9.48 Å². The lowest BCUT2D eigenvalue weighted by atomic mass is 10.3. The van der Waals surface area contributed by atoms with Gasteiger partial charge in [0.05, 0.1) is 22.6 Å². The van der Waals surface area contributed by atoms with Crippen LogP contribution < -0.4 is 5.32 Å². The highest BCUT2D eigenvalue weighted by molar-refractivity contribution is 6.04. The van der Waals surface area contributed by atoms with Gasteiger partial charge in [-0.1, -0.05) is 6.07 Å². The van der Waals surface area contributed by atoms with Crippen molar-refractivity contribution in [2.45, 2.75) is 27.3 Å². The average Bonchev–Trinajstić information content (AvgIpc) is 3.03. The van der Waals surface area contributed by atoms with Crippen molar-refractivity contribution in [1.29, 1.82) is 0 Å². The van der Waals surface area contributed by atoms with Gasteiger partial charge in [0.25, 0.3) is 5.91 Å². The van der Waals surface area contributed by atoms with Gasteiger partial charge in [0.15, 0.2) is 5.69 Å². The van der Waals surface area contributed by atoms with Crippen LogP contribution in [0.2, 0.25) is 0 Å². The standard InChI is InChI=1S/C15H17N5O/c1-4-19-11(3)14(10(2)17-19)16-15(21)13-9-12-7-5-6-8-20(12)18-13/h5-9H,4H2,1-3H3,(H,16,21). The van der Waals surface area contributed by atoms with Gasteiger partial charge in [-0.05, 0) is 39.0 Å². The van der Waals surface area contributed by atoms with Crippen LogP contribution >= 0.6 is 0 Å². The van der Waals surface area contributed by atoms with Crippen molar-refractivity contribution >= 4 is 17.1 Å². The van der Waals surface area contributed by atoms with Crippen LogP contribution in [-0.2, 0) is 6.54 Å². The maximum absolute atomic E-state index is 12.4. The molecule has 0 aliphatic heterocycles. The number of hydrogen-bond donors (Lipinski definition) is 1. The molecule has 0 aromatic carbocycles. The highest BCUT2D eigenvalue weighted by Gasteiger charge is 2.16. The minimum absolute atomic E-state index is 0.222. The molecule has 0 radical (unpaired) electrons. The van der Waals surface area contributed by atoms with Gasteiger partial charge in [-0.2, -0.15) is 10.2 Å². The summed E-state index contributed by atoms with van der Waals surface area (Å²) < 4.78 is 3.55. The van der Waals surface area contributed by atoms with E-state index in [-0.39, 0.29) is 5.91 Å². The van der Waals surface area contributed by atoms with E-state index < -0.39 is 0 Å². The number of nitrogens with one attached hydrogen (secondary N) is 1. The first-order valence-corrected chi connectivity index (χ1v) is 6.90. The van der Waals surface area contributed by atoms with E-state index in [9.17, 15) is 4.79 Å². The normalized spacial score (nSPS) is 11.0. The molecule has 6 heteroatoms. The van der Waals surface area contributed by atoms with Crippen LogP contribution in [0.1, 0.15) is 28.8 Å². The fourth-order valence-corrected chi connectivity index (χ4v) is 2.41. The van der Waals surface area contributed by atoms with Gasteiger partial charge in [0, 0.05) is 12.7 Å². The second kappa shape index (κ2) is 5.05. The topological polar surface area (TPSA) is 64.2 Å². The first-order valence-electron chi connectivity index (χ1n) is 6.90. The molecule has 0 spiro atoms. The lowest BCUT2D eigenvalue weighted by Gasteiger charge is -2.04. The summed E-state index contributed by atoms with van der Waals surface area (Å²) in [4.78, 5) is 12.4. The average molecular weight is 283 g/mol. The molecule has 0 bridgehead atoms. The van der Waals surface area contributed by atoms with Crippen molar-refractivity contribution in [3.05, 3.63) is 47.5 Å². The van der Waals surface area contributed by atoms with Crippen LogP contribution in [0.3, 0.4) is 0 Å². The van der Waals surface area contributed by atoms with E-state index >= 15 is 0 Å². The molecule has 0 fully saturated rings. The lowest BCUT2D eigenvalue weighted by Crippen LogP contribution is -2.14. The molecule has 0 saturated carbocycles. The Labute approximate surface area is 122 Å². The van der Waals surface area contributed by atoms with E-state index in [1.54, 1.807) is 10.6 Å². The van der Waals surface area contributed by atoms with Crippen molar-refractivity contribution in [3.63, 3.8) is 0 Å². The molecule has 6 nitrogen and oxygen atoms in total. The van der Waals surface area contributed by atoms with Gasteiger partial charge >= 0.3 is 0 Å². The van der Waals surface area contributed by atoms with Crippen molar-refractivity contribution in [2.75, 3.05) is 5.32 Å². The van der Waals surface area contributed by atoms with Gasteiger partial charge in [-0.15, -0.1) is 0 Å². The summed E-state index contributed by atoms with van der Waals surface area (Å²) in [7, 11) is 0. The number of hydrogen-bond acceptors (Lipinski definition) is 3. The monoisotopic (exact) mass is 283 g/mol. The molecule has 0 unspecified atom stereocenters. The highest BCUT2D eigenvalue weighted by Crippen LogP contribution is 2.20. The maximum atomic E-state index is 12.4. The zero-order valence-electron chi connectivity index (χ0n) is 12.3. The van der Waals surface area contributed by atoms with Gasteiger partial charge < -0.3 is 5.32 Å². The molecular formula is C15H17N5O. The van der Waals surface area contributed by atoms with Crippen LogP contribution in [-0.4, -0.2) is 25.3 Å². The van der Waals surface area contributed by atoms with Gasteiger partial charge in [0.2, 0.25) is 0 Å². The molecule has 21 heavy (non-hydrogen) atoms. The van der Waals surface area contributed by atoms with Crippen molar-refractivity contribution in [2.24, 2.45) is 0 Å². The third kappa shape index (κ3) is 2.29. The number of amides is 1. The number of rotatable bonds is 3. The molecule has 0 atom stereocenters. The summed E-state index contributed by atoms with van der Waals surface area (Å²) in [6.07, 6.45) is 1.82. The zero-order valence-corrected chi connectivity index (χ0v) is 12.3. The molecule has 0 aliphatic carbocycles. The molecular weight excluding hydrogens is 266 g/mol. The Balaban J connectivity index is 1.91. The third-order valence-electron chi connectivity index (χ3n) is 3.52. The Morgan fingerprint density at radius 2 is 2.10 bits per heavy atom. The predicted molar refractivity (Wildman–Crippen MR) is 80.5 cm³/mol. The zero-order chi connectivity index (χ0) is 15.0. The summed E-state index contributed by atoms with van der Waals surface area (Å²) in [5, 5.41) is 11.6. The van der Waals surface area contributed by atoms with Crippen LogP contribution in [0, 0.1) is 13.8 Å². The number of carbonyl (C=O) groups excluding carboxylic acids is 1. The summed E-state index contributed by atoms with van der Waals surface area (Å²) >= 11 is 0. The Bertz CT molecular complexity index is 782. The summed E-state index contributed by atoms with van der Waals surface area (Å²) in [5.74, 6) is -0.222. The number of pyridine rings is 1. The fraction of sp³-hybridized carbons (Fsp3) is 0.267. The predicted octanol–water partition coefficient (Wildman–Crippen LogP) is 2.42. The molecule has 1 amide bonds. The van der Waals surface area contributed by atoms with Crippen LogP contribution in [0.15, 0.2) is 30.5 Å². The summed E-state index contributed by atoms with van der Waals surface area (Å²) in [6.45, 7) is 6.63. The second-order valence-electron chi connectivity index (χ2n) is 4.92. The Kier molecular flexibility index (Phi) is 3.21. The maximum Gasteiger partial charge on any atom is 0.276 e. The van der Waals surface area contributed by atoms with E-state index in [1.807, 2.05) is 49.8 Å². The summed E-state index contributed by atoms with van der Waals surface area (Å²) in [5.41, 5.74) is 3.81. The summed E-state index contributed by atoms with van der Waals surface area (Å²) in [6, 6.07) is 7.47. The molecule has 3 rings (SSSR count). The molecule has 1 N–H and O–H groups in total. The fourth-order valence-electron chi connectivity index (χ4n) is 2.41. The van der Waals surface area contributed by atoms with E-state index in [0.717, 1.165) is 29.1 Å². The minimum Gasteiger partial charge on any atom is -0.317 e. The quantitative estimate of drug-likeness (QED) is 0.803. The van der Waals surface area contributed by atoms with E-state index in [1.165, 1.54) is 0 Å². The Morgan fingerprint density at radius 3 is 2.76 bits per heavy atom. The molecule has 0 saturated heterocycles.